The molecule has 0 bridgehead atoms. The van der Waals surface area contributed by atoms with E-state index in [0.29, 0.717) is 5.02 Å². The first-order valence-corrected chi connectivity index (χ1v) is 9.68. The average Bonchev–Trinajstić information content (AvgIpc) is 2.67. The van der Waals surface area contributed by atoms with Crippen LogP contribution in [-0.2, 0) is 11.2 Å². The summed E-state index contributed by atoms with van der Waals surface area (Å²) in [7, 11) is 2.12. The average molecular weight is 388 g/mol. The molecule has 3 rings (SSSR count). The first kappa shape index (κ1) is 19.5. The maximum Gasteiger partial charge on any atom is 0.262 e. The highest BCUT2D eigenvalue weighted by Crippen LogP contribution is 2.30. The zero-order chi connectivity index (χ0) is 19.2. The quantitative estimate of drug-likeness (QED) is 0.821. The van der Waals surface area contributed by atoms with Crippen molar-refractivity contribution in [3.63, 3.8) is 0 Å². The number of carbonyl (C=O) groups is 1. The minimum absolute atomic E-state index is 0.0360. The number of likely N-dealkylation sites (N-methyl/N-ethyl adjacent to an activating group) is 1. The Morgan fingerprint density at radius 2 is 1.89 bits per heavy atom. The maximum absolute atomic E-state index is 12.5. The predicted molar refractivity (Wildman–Crippen MR) is 111 cm³/mol. The second-order valence-electron chi connectivity index (χ2n) is 6.75. The molecule has 0 radical (unpaired) electrons. The highest BCUT2D eigenvalue weighted by Gasteiger charge is 2.18. The van der Waals surface area contributed by atoms with Crippen molar-refractivity contribution in [3.8, 4) is 5.75 Å². The Labute approximate surface area is 165 Å². The van der Waals surface area contributed by atoms with Crippen molar-refractivity contribution in [1.82, 2.24) is 4.90 Å². The number of halogens is 1. The van der Waals surface area contributed by atoms with Crippen LogP contribution < -0.4 is 15.0 Å². The molecule has 1 amide bonds. The number of amides is 1. The minimum Gasteiger partial charge on any atom is -0.483 e. The number of para-hydroxylation sites is 1. The fourth-order valence-corrected chi connectivity index (χ4v) is 3.37. The summed E-state index contributed by atoms with van der Waals surface area (Å²) in [5.74, 6) is 0.555. The molecule has 1 saturated heterocycles. The van der Waals surface area contributed by atoms with Gasteiger partial charge in [0.05, 0.1) is 11.4 Å². The van der Waals surface area contributed by atoms with Crippen LogP contribution in [0.1, 0.15) is 12.5 Å². The molecule has 1 heterocycles. The molecule has 27 heavy (non-hydrogen) atoms. The fraction of sp³-hybridized carbons (Fsp3) is 0.381. The van der Waals surface area contributed by atoms with E-state index < -0.39 is 0 Å². The Morgan fingerprint density at radius 1 is 1.15 bits per heavy atom. The van der Waals surface area contributed by atoms with Crippen molar-refractivity contribution in [2.75, 3.05) is 50.1 Å². The summed E-state index contributed by atoms with van der Waals surface area (Å²) in [5, 5.41) is 3.56. The summed E-state index contributed by atoms with van der Waals surface area (Å²) in [6.07, 6.45) is 0.861. The minimum atomic E-state index is -0.196. The molecule has 2 aromatic rings. The Balaban J connectivity index is 1.67. The van der Waals surface area contributed by atoms with Crippen LogP contribution in [0, 0.1) is 0 Å². The Hall–Kier alpha value is -2.24. The lowest BCUT2D eigenvalue weighted by molar-refractivity contribution is -0.118. The molecule has 1 aliphatic heterocycles. The molecule has 5 nitrogen and oxygen atoms in total. The van der Waals surface area contributed by atoms with E-state index in [-0.39, 0.29) is 12.5 Å². The zero-order valence-electron chi connectivity index (χ0n) is 15.9. The lowest BCUT2D eigenvalue weighted by Crippen LogP contribution is -2.44. The normalized spacial score (nSPS) is 14.9. The molecule has 0 atom stereocenters. The summed E-state index contributed by atoms with van der Waals surface area (Å²) in [6.45, 7) is 5.85. The number of ether oxygens (including phenoxy) is 1. The van der Waals surface area contributed by atoms with E-state index in [2.05, 4.69) is 29.1 Å². The molecule has 144 valence electrons. The number of rotatable bonds is 6. The van der Waals surface area contributed by atoms with Crippen molar-refractivity contribution in [1.29, 1.82) is 0 Å². The molecular weight excluding hydrogens is 362 g/mol. The van der Waals surface area contributed by atoms with Gasteiger partial charge in [0.2, 0.25) is 0 Å². The number of hydrogen-bond acceptors (Lipinski definition) is 4. The summed E-state index contributed by atoms with van der Waals surface area (Å²) in [6, 6.07) is 13.4. The van der Waals surface area contributed by atoms with Gasteiger partial charge in [-0.2, -0.15) is 0 Å². The monoisotopic (exact) mass is 387 g/mol. The van der Waals surface area contributed by atoms with Crippen LogP contribution in [0.3, 0.4) is 0 Å². The van der Waals surface area contributed by atoms with Gasteiger partial charge >= 0.3 is 0 Å². The standard InChI is InChI=1S/C21H26ClN3O2/c1-3-16-6-4-5-7-20(16)27-15-21(26)23-18-14-17(22)8-9-19(18)25-12-10-24(2)11-13-25/h4-9,14H,3,10-13,15H2,1-2H3,(H,23,26). The lowest BCUT2D eigenvalue weighted by atomic mass is 10.1. The zero-order valence-corrected chi connectivity index (χ0v) is 16.6. The van der Waals surface area contributed by atoms with Crippen LogP contribution in [0.2, 0.25) is 5.02 Å². The number of aryl methyl sites for hydroxylation is 1. The third-order valence-corrected chi connectivity index (χ3v) is 5.02. The third kappa shape index (κ3) is 5.15. The van der Waals surface area contributed by atoms with Gasteiger partial charge in [-0.3, -0.25) is 4.79 Å². The fourth-order valence-electron chi connectivity index (χ4n) is 3.20. The Kier molecular flexibility index (Phi) is 6.58. The second kappa shape index (κ2) is 9.11. The lowest BCUT2D eigenvalue weighted by Gasteiger charge is -2.35. The molecule has 0 aromatic heterocycles. The van der Waals surface area contributed by atoms with E-state index in [0.717, 1.165) is 55.3 Å². The SMILES string of the molecule is CCc1ccccc1OCC(=O)Nc1cc(Cl)ccc1N1CCN(C)CC1. The van der Waals surface area contributed by atoms with Gasteiger partial charge in [0, 0.05) is 31.2 Å². The maximum atomic E-state index is 12.5. The number of anilines is 2. The molecule has 6 heteroatoms. The molecule has 0 unspecified atom stereocenters. The number of benzene rings is 2. The van der Waals surface area contributed by atoms with Crippen LogP contribution in [0.4, 0.5) is 11.4 Å². The van der Waals surface area contributed by atoms with E-state index in [4.69, 9.17) is 16.3 Å². The van der Waals surface area contributed by atoms with Crippen molar-refractivity contribution >= 4 is 28.9 Å². The summed E-state index contributed by atoms with van der Waals surface area (Å²) >= 11 is 6.17. The van der Waals surface area contributed by atoms with Gasteiger partial charge in [-0.1, -0.05) is 36.7 Å². The van der Waals surface area contributed by atoms with E-state index in [1.807, 2.05) is 36.4 Å². The molecular formula is C21H26ClN3O2. The van der Waals surface area contributed by atoms with Crippen molar-refractivity contribution < 1.29 is 9.53 Å². The molecule has 0 saturated carbocycles. The van der Waals surface area contributed by atoms with Crippen LogP contribution >= 0.6 is 11.6 Å². The summed E-state index contributed by atoms with van der Waals surface area (Å²) in [4.78, 5) is 17.1. The van der Waals surface area contributed by atoms with Crippen LogP contribution in [0.15, 0.2) is 42.5 Å². The van der Waals surface area contributed by atoms with E-state index in [9.17, 15) is 4.79 Å². The molecule has 1 aliphatic rings. The van der Waals surface area contributed by atoms with Gasteiger partial charge in [0.25, 0.3) is 5.91 Å². The number of hydrogen-bond donors (Lipinski definition) is 1. The summed E-state index contributed by atoms with van der Waals surface area (Å²) in [5.41, 5.74) is 2.81. The van der Waals surface area contributed by atoms with Crippen LogP contribution in [0.5, 0.6) is 5.75 Å². The van der Waals surface area contributed by atoms with Gasteiger partial charge in [-0.15, -0.1) is 0 Å². The molecule has 1 N–H and O–H groups in total. The topological polar surface area (TPSA) is 44.8 Å². The van der Waals surface area contributed by atoms with Gasteiger partial charge < -0.3 is 19.9 Å². The largest absolute Gasteiger partial charge is 0.483 e. The number of piperazine rings is 1. The third-order valence-electron chi connectivity index (χ3n) is 4.79. The second-order valence-corrected chi connectivity index (χ2v) is 7.19. The van der Waals surface area contributed by atoms with Crippen LogP contribution in [0.25, 0.3) is 0 Å². The van der Waals surface area contributed by atoms with E-state index in [1.54, 1.807) is 6.07 Å². The highest BCUT2D eigenvalue weighted by molar-refractivity contribution is 6.31. The predicted octanol–water partition coefficient (Wildman–Crippen LogP) is 3.67. The smallest absolute Gasteiger partial charge is 0.262 e. The van der Waals surface area contributed by atoms with Gasteiger partial charge in [0.1, 0.15) is 5.75 Å². The van der Waals surface area contributed by atoms with Crippen molar-refractivity contribution in [3.05, 3.63) is 53.1 Å². The highest BCUT2D eigenvalue weighted by atomic mass is 35.5. The number of carbonyl (C=O) groups excluding carboxylic acids is 1. The van der Waals surface area contributed by atoms with Gasteiger partial charge in [-0.05, 0) is 43.3 Å². The van der Waals surface area contributed by atoms with Gasteiger partial charge in [0.15, 0.2) is 6.61 Å². The van der Waals surface area contributed by atoms with E-state index >= 15 is 0 Å². The summed E-state index contributed by atoms with van der Waals surface area (Å²) < 4.78 is 5.73. The molecule has 1 fully saturated rings. The Morgan fingerprint density at radius 3 is 2.63 bits per heavy atom. The number of nitrogens with one attached hydrogen (secondary N) is 1. The molecule has 0 spiro atoms. The Bertz CT molecular complexity index is 789. The first-order valence-electron chi connectivity index (χ1n) is 9.30. The van der Waals surface area contributed by atoms with Crippen molar-refractivity contribution in [2.45, 2.75) is 13.3 Å². The van der Waals surface area contributed by atoms with Crippen molar-refractivity contribution in [2.24, 2.45) is 0 Å². The molecule has 0 aliphatic carbocycles. The first-order chi connectivity index (χ1) is 13.1. The molecule has 2 aromatic carbocycles. The van der Waals surface area contributed by atoms with Gasteiger partial charge in [-0.25, -0.2) is 0 Å². The van der Waals surface area contributed by atoms with E-state index in [1.165, 1.54) is 0 Å². The van der Waals surface area contributed by atoms with Crippen LogP contribution in [-0.4, -0.2) is 50.6 Å². The number of nitrogens with zero attached hydrogens (tertiary/aromatic N) is 2.